The fourth-order valence-corrected chi connectivity index (χ4v) is 2.96. The molecule has 0 saturated carbocycles. The Morgan fingerprint density at radius 2 is 1.60 bits per heavy atom. The molecule has 1 aromatic heterocycles. The molecule has 1 aliphatic rings. The minimum atomic E-state index is -0.370. The van der Waals surface area contributed by atoms with E-state index in [1.165, 1.54) is 12.1 Å². The van der Waals surface area contributed by atoms with E-state index < -0.39 is 0 Å². The highest BCUT2D eigenvalue weighted by atomic mass is 35.5. The van der Waals surface area contributed by atoms with Crippen LogP contribution in [0.1, 0.15) is 20.8 Å². The van der Waals surface area contributed by atoms with E-state index in [0.717, 1.165) is 0 Å². The summed E-state index contributed by atoms with van der Waals surface area (Å²) in [6.07, 6.45) is 0. The van der Waals surface area contributed by atoms with Crippen molar-refractivity contribution in [2.45, 2.75) is 0 Å². The zero-order valence-corrected chi connectivity index (χ0v) is 14.5. The minimum Gasteiger partial charge on any atom is -0.335 e. The quantitative estimate of drug-likeness (QED) is 0.858. The standard InChI is InChI=1S/C16H14Cl2N4O3/c17-11-3-1-2-10(14(11)18)15(24)21-6-8-22(9-7-21)16(25)12-4-5-13(23)20-19-12/h1-5H,6-9H2,(H,20,23). The third-order valence-corrected chi connectivity index (χ3v) is 4.75. The molecule has 1 N–H and O–H groups in total. The third kappa shape index (κ3) is 3.67. The third-order valence-electron chi connectivity index (χ3n) is 3.93. The first kappa shape index (κ1) is 17.4. The van der Waals surface area contributed by atoms with Crippen LogP contribution in [-0.4, -0.2) is 58.0 Å². The molecule has 0 radical (unpaired) electrons. The van der Waals surface area contributed by atoms with Crippen LogP contribution in [0.2, 0.25) is 10.0 Å². The number of amides is 2. The SMILES string of the molecule is O=C(c1ccc(=O)[nH]n1)N1CCN(C(=O)c2cccc(Cl)c2Cl)CC1. The summed E-state index contributed by atoms with van der Waals surface area (Å²) in [5, 5.41) is 6.52. The van der Waals surface area contributed by atoms with Gasteiger partial charge in [0, 0.05) is 32.2 Å². The van der Waals surface area contributed by atoms with Crippen LogP contribution in [0.15, 0.2) is 35.1 Å². The average Bonchev–Trinajstić information content (AvgIpc) is 2.64. The van der Waals surface area contributed by atoms with E-state index >= 15 is 0 Å². The highest BCUT2D eigenvalue weighted by Crippen LogP contribution is 2.26. The number of nitrogens with one attached hydrogen (secondary N) is 1. The number of aromatic nitrogens is 2. The Balaban J connectivity index is 1.66. The van der Waals surface area contributed by atoms with Crippen molar-refractivity contribution in [3.63, 3.8) is 0 Å². The summed E-state index contributed by atoms with van der Waals surface area (Å²) < 4.78 is 0. The second-order valence-corrected chi connectivity index (χ2v) is 6.28. The maximum absolute atomic E-state index is 12.6. The van der Waals surface area contributed by atoms with Gasteiger partial charge in [-0.25, -0.2) is 5.10 Å². The number of rotatable bonds is 2. The van der Waals surface area contributed by atoms with Crippen LogP contribution in [0.5, 0.6) is 0 Å². The number of H-pyrrole nitrogens is 1. The van der Waals surface area contributed by atoms with Crippen molar-refractivity contribution >= 4 is 35.0 Å². The first-order valence-corrected chi connectivity index (χ1v) is 8.31. The van der Waals surface area contributed by atoms with Gasteiger partial charge < -0.3 is 9.80 Å². The molecule has 2 heterocycles. The number of carbonyl (C=O) groups excluding carboxylic acids is 2. The number of benzene rings is 1. The van der Waals surface area contributed by atoms with Crippen LogP contribution < -0.4 is 5.56 Å². The van der Waals surface area contributed by atoms with E-state index in [-0.39, 0.29) is 28.1 Å². The fourth-order valence-electron chi connectivity index (χ4n) is 2.58. The lowest BCUT2D eigenvalue weighted by Gasteiger charge is -2.34. The van der Waals surface area contributed by atoms with Gasteiger partial charge in [0.1, 0.15) is 5.69 Å². The molecular formula is C16H14Cl2N4O3. The topological polar surface area (TPSA) is 86.4 Å². The van der Waals surface area contributed by atoms with E-state index in [1.54, 1.807) is 28.0 Å². The Morgan fingerprint density at radius 1 is 0.960 bits per heavy atom. The zero-order chi connectivity index (χ0) is 18.0. The first-order valence-electron chi connectivity index (χ1n) is 7.55. The van der Waals surface area contributed by atoms with Crippen LogP contribution in [0.25, 0.3) is 0 Å². The molecule has 0 aliphatic carbocycles. The van der Waals surface area contributed by atoms with Gasteiger partial charge in [-0.3, -0.25) is 14.4 Å². The average molecular weight is 381 g/mol. The van der Waals surface area contributed by atoms with Crippen molar-refractivity contribution < 1.29 is 9.59 Å². The number of nitrogens with zero attached hydrogens (tertiary/aromatic N) is 3. The number of halogens is 2. The van der Waals surface area contributed by atoms with Gasteiger partial charge >= 0.3 is 0 Å². The number of carbonyl (C=O) groups is 2. The summed E-state index contributed by atoms with van der Waals surface area (Å²) in [6.45, 7) is 1.47. The number of piperazine rings is 1. The van der Waals surface area contributed by atoms with Crippen molar-refractivity contribution in [1.29, 1.82) is 0 Å². The summed E-state index contributed by atoms with van der Waals surface area (Å²) in [5.74, 6) is -0.508. The fraction of sp³-hybridized carbons (Fsp3) is 0.250. The van der Waals surface area contributed by atoms with Crippen LogP contribution in [0.3, 0.4) is 0 Å². The maximum atomic E-state index is 12.6. The molecule has 1 saturated heterocycles. The molecule has 1 fully saturated rings. The van der Waals surface area contributed by atoms with Crippen molar-refractivity contribution in [2.24, 2.45) is 0 Å². The summed E-state index contributed by atoms with van der Waals surface area (Å²) >= 11 is 12.1. The molecular weight excluding hydrogens is 367 g/mol. The first-order chi connectivity index (χ1) is 12.0. The molecule has 130 valence electrons. The lowest BCUT2D eigenvalue weighted by molar-refractivity contribution is 0.0531. The van der Waals surface area contributed by atoms with E-state index in [1.807, 2.05) is 0 Å². The van der Waals surface area contributed by atoms with Crippen molar-refractivity contribution in [3.05, 3.63) is 62.0 Å². The Hall–Kier alpha value is -2.38. The molecule has 0 atom stereocenters. The monoisotopic (exact) mass is 380 g/mol. The van der Waals surface area contributed by atoms with Crippen molar-refractivity contribution in [1.82, 2.24) is 20.0 Å². The second-order valence-electron chi connectivity index (χ2n) is 5.49. The molecule has 0 bridgehead atoms. The van der Waals surface area contributed by atoms with Crippen molar-refractivity contribution in [2.75, 3.05) is 26.2 Å². The molecule has 3 rings (SSSR count). The molecule has 7 nitrogen and oxygen atoms in total. The molecule has 9 heteroatoms. The predicted molar refractivity (Wildman–Crippen MR) is 93.1 cm³/mol. The summed E-state index contributed by atoms with van der Waals surface area (Å²) in [6, 6.07) is 7.54. The lowest BCUT2D eigenvalue weighted by atomic mass is 10.1. The van der Waals surface area contributed by atoms with Crippen LogP contribution in [0, 0.1) is 0 Å². The zero-order valence-electron chi connectivity index (χ0n) is 13.0. The summed E-state index contributed by atoms with van der Waals surface area (Å²) in [5.41, 5.74) is 0.138. The molecule has 2 amide bonds. The maximum Gasteiger partial charge on any atom is 0.274 e. The van der Waals surface area contributed by atoms with Gasteiger partial charge in [-0.15, -0.1) is 0 Å². The van der Waals surface area contributed by atoms with Gasteiger partial charge in [0.2, 0.25) is 0 Å². The summed E-state index contributed by atoms with van der Waals surface area (Å²) in [4.78, 5) is 39.2. The normalized spacial score (nSPS) is 14.5. The Morgan fingerprint density at radius 3 is 2.20 bits per heavy atom. The molecule has 25 heavy (non-hydrogen) atoms. The minimum absolute atomic E-state index is 0.164. The van der Waals surface area contributed by atoms with Crippen LogP contribution >= 0.6 is 23.2 Å². The van der Waals surface area contributed by atoms with Crippen molar-refractivity contribution in [3.8, 4) is 0 Å². The smallest absolute Gasteiger partial charge is 0.274 e. The predicted octanol–water partition coefficient (Wildman–Crippen LogP) is 1.67. The Labute approximate surface area is 153 Å². The van der Waals surface area contributed by atoms with E-state index in [2.05, 4.69) is 10.2 Å². The highest BCUT2D eigenvalue weighted by molar-refractivity contribution is 6.43. The van der Waals surface area contributed by atoms with Crippen LogP contribution in [0.4, 0.5) is 0 Å². The number of aromatic amines is 1. The summed E-state index contributed by atoms with van der Waals surface area (Å²) in [7, 11) is 0. The second kappa shape index (κ2) is 7.25. The number of hydrogen-bond donors (Lipinski definition) is 1. The van der Waals surface area contributed by atoms with Gasteiger partial charge in [0.05, 0.1) is 15.6 Å². The Bertz CT molecular complexity index is 855. The van der Waals surface area contributed by atoms with Gasteiger partial charge in [-0.05, 0) is 18.2 Å². The molecule has 1 aromatic carbocycles. The highest BCUT2D eigenvalue weighted by Gasteiger charge is 2.27. The van der Waals surface area contributed by atoms with E-state index in [4.69, 9.17) is 23.2 Å². The lowest BCUT2D eigenvalue weighted by Crippen LogP contribution is -2.50. The van der Waals surface area contributed by atoms with Gasteiger partial charge in [0.25, 0.3) is 17.4 Å². The van der Waals surface area contributed by atoms with Gasteiger partial charge in [-0.1, -0.05) is 29.3 Å². The largest absolute Gasteiger partial charge is 0.335 e. The molecule has 0 unspecified atom stereocenters. The van der Waals surface area contributed by atoms with Crippen LogP contribution in [-0.2, 0) is 0 Å². The molecule has 0 spiro atoms. The Kier molecular flexibility index (Phi) is 5.06. The van der Waals surface area contributed by atoms with Gasteiger partial charge in [0.15, 0.2) is 0 Å². The molecule has 2 aromatic rings. The number of hydrogen-bond acceptors (Lipinski definition) is 4. The van der Waals surface area contributed by atoms with E-state index in [0.29, 0.717) is 36.8 Å². The molecule has 1 aliphatic heterocycles. The van der Waals surface area contributed by atoms with Gasteiger partial charge in [-0.2, -0.15) is 5.10 Å². The van der Waals surface area contributed by atoms with E-state index in [9.17, 15) is 14.4 Å².